The lowest BCUT2D eigenvalue weighted by Gasteiger charge is -2.02. The van der Waals surface area contributed by atoms with Crippen molar-refractivity contribution in [1.82, 2.24) is 14.6 Å². The number of rotatable bonds is 3. The second kappa shape index (κ2) is 4.18. The van der Waals surface area contributed by atoms with Gasteiger partial charge in [0.2, 0.25) is 4.96 Å². The average Bonchev–Trinajstić information content (AvgIpc) is 2.90. The Labute approximate surface area is 102 Å². The molecule has 3 aromatic rings. The van der Waals surface area contributed by atoms with Crippen molar-refractivity contribution in [1.29, 1.82) is 0 Å². The molecule has 86 valence electrons. The molecule has 0 N–H and O–H groups in total. The molecule has 1 aromatic carbocycles. The molecule has 0 radical (unpaired) electrons. The van der Waals surface area contributed by atoms with Crippen LogP contribution in [0.2, 0.25) is 0 Å². The first-order valence-electron chi connectivity index (χ1n) is 5.39. The summed E-state index contributed by atoms with van der Waals surface area (Å²) in [4.78, 5) is 5.41. The van der Waals surface area contributed by atoms with E-state index in [-0.39, 0.29) is 0 Å². The summed E-state index contributed by atoms with van der Waals surface area (Å²) in [5, 5.41) is 4.16. The summed E-state index contributed by atoms with van der Waals surface area (Å²) in [5.74, 6) is 0.885. The van der Waals surface area contributed by atoms with Gasteiger partial charge in [-0.3, -0.25) is 0 Å². The molecule has 0 atom stereocenters. The van der Waals surface area contributed by atoms with Crippen LogP contribution in [-0.4, -0.2) is 21.2 Å². The van der Waals surface area contributed by atoms with Crippen LogP contribution in [0, 0.1) is 0 Å². The minimum atomic E-state index is 0.684. The molecule has 0 spiro atoms. The number of hydrogen-bond acceptors (Lipinski definition) is 4. The highest BCUT2D eigenvalue weighted by atomic mass is 32.1. The van der Waals surface area contributed by atoms with Crippen LogP contribution in [0.25, 0.3) is 16.2 Å². The lowest BCUT2D eigenvalue weighted by Crippen LogP contribution is -1.90. The van der Waals surface area contributed by atoms with Crippen molar-refractivity contribution in [3.63, 3.8) is 0 Å². The van der Waals surface area contributed by atoms with Gasteiger partial charge in [0, 0.05) is 5.56 Å². The molecule has 2 heterocycles. The van der Waals surface area contributed by atoms with Crippen LogP contribution in [0.5, 0.6) is 5.75 Å². The first kappa shape index (κ1) is 10.3. The highest BCUT2D eigenvalue weighted by molar-refractivity contribution is 7.14. The van der Waals surface area contributed by atoms with Crippen molar-refractivity contribution >= 4 is 16.3 Å². The van der Waals surface area contributed by atoms with Crippen molar-refractivity contribution in [3.8, 4) is 17.0 Å². The van der Waals surface area contributed by atoms with Crippen LogP contribution in [-0.2, 0) is 0 Å². The third-order valence-corrected chi connectivity index (χ3v) is 3.14. The molecule has 0 fully saturated rings. The van der Waals surface area contributed by atoms with E-state index in [2.05, 4.69) is 10.1 Å². The van der Waals surface area contributed by atoms with Crippen molar-refractivity contribution in [2.24, 2.45) is 0 Å². The normalized spacial score (nSPS) is 10.9. The topological polar surface area (TPSA) is 39.4 Å². The Hall–Kier alpha value is -1.88. The molecule has 4 nitrogen and oxygen atoms in total. The van der Waals surface area contributed by atoms with E-state index in [1.165, 1.54) is 11.3 Å². The van der Waals surface area contributed by atoms with Gasteiger partial charge in [-0.1, -0.05) is 11.3 Å². The van der Waals surface area contributed by atoms with Crippen LogP contribution in [0.15, 0.2) is 36.0 Å². The van der Waals surface area contributed by atoms with Gasteiger partial charge in [0.25, 0.3) is 0 Å². The molecule has 3 rings (SSSR count). The number of nitrogens with zero attached hydrogens (tertiary/aromatic N) is 3. The molecule has 17 heavy (non-hydrogen) atoms. The van der Waals surface area contributed by atoms with Gasteiger partial charge in [-0.2, -0.15) is 5.10 Å². The van der Waals surface area contributed by atoms with Crippen LogP contribution >= 0.6 is 11.3 Å². The second-order valence-corrected chi connectivity index (χ2v) is 4.36. The molecule has 0 unspecified atom stereocenters. The number of benzene rings is 1. The first-order valence-corrected chi connectivity index (χ1v) is 6.27. The van der Waals surface area contributed by atoms with Gasteiger partial charge >= 0.3 is 0 Å². The van der Waals surface area contributed by atoms with E-state index in [0.29, 0.717) is 6.61 Å². The molecular formula is C12H11N3OS. The minimum absolute atomic E-state index is 0.684. The molecule has 0 aliphatic carbocycles. The predicted octanol–water partition coefficient (Wildman–Crippen LogP) is 2.86. The fourth-order valence-corrected chi connectivity index (χ4v) is 2.27. The molecule has 0 saturated heterocycles. The third-order valence-electron chi connectivity index (χ3n) is 2.45. The lowest BCUT2D eigenvalue weighted by molar-refractivity contribution is 0.340. The Balaban J connectivity index is 1.95. The van der Waals surface area contributed by atoms with E-state index in [1.807, 2.05) is 37.4 Å². The molecular weight excluding hydrogens is 234 g/mol. The number of fused-ring (bicyclic) bond motifs is 1. The summed E-state index contributed by atoms with van der Waals surface area (Å²) in [6, 6.07) is 7.94. The van der Waals surface area contributed by atoms with Crippen LogP contribution in [0.1, 0.15) is 6.92 Å². The maximum Gasteiger partial charge on any atom is 0.212 e. The van der Waals surface area contributed by atoms with E-state index in [1.54, 1.807) is 10.0 Å². The van der Waals surface area contributed by atoms with Crippen LogP contribution in [0.4, 0.5) is 0 Å². The predicted molar refractivity (Wildman–Crippen MR) is 67.5 cm³/mol. The van der Waals surface area contributed by atoms with Gasteiger partial charge in [-0.25, -0.2) is 9.50 Å². The zero-order valence-electron chi connectivity index (χ0n) is 9.33. The number of imidazole rings is 1. The van der Waals surface area contributed by atoms with Gasteiger partial charge < -0.3 is 4.74 Å². The Morgan fingerprint density at radius 2 is 2.12 bits per heavy atom. The van der Waals surface area contributed by atoms with Gasteiger partial charge in [0.15, 0.2) is 0 Å². The summed E-state index contributed by atoms with van der Waals surface area (Å²) in [5.41, 5.74) is 3.79. The highest BCUT2D eigenvalue weighted by Gasteiger charge is 2.05. The molecule has 0 saturated carbocycles. The maximum atomic E-state index is 5.40. The zero-order valence-corrected chi connectivity index (χ0v) is 10.1. The monoisotopic (exact) mass is 245 g/mol. The standard InChI is InChI=1S/C12H11N3OS/c1-2-16-10-5-3-9(4-6-10)11-7-15-12(14-11)17-8-13-15/h3-8H,2H2,1H3. The molecule has 5 heteroatoms. The van der Waals surface area contributed by atoms with Gasteiger partial charge in [0.05, 0.1) is 18.5 Å². The number of hydrogen-bond donors (Lipinski definition) is 0. The fraction of sp³-hybridized carbons (Fsp3) is 0.167. The quantitative estimate of drug-likeness (QED) is 0.712. The van der Waals surface area contributed by atoms with Crippen LogP contribution in [0.3, 0.4) is 0 Å². The van der Waals surface area contributed by atoms with Crippen LogP contribution < -0.4 is 4.74 Å². The summed E-state index contributed by atoms with van der Waals surface area (Å²) >= 11 is 1.53. The van der Waals surface area contributed by atoms with Crippen molar-refractivity contribution in [2.45, 2.75) is 6.92 Å². The Kier molecular flexibility index (Phi) is 2.53. The smallest absolute Gasteiger partial charge is 0.212 e. The lowest BCUT2D eigenvalue weighted by atomic mass is 10.2. The second-order valence-electron chi connectivity index (χ2n) is 3.55. The molecule has 0 bridgehead atoms. The zero-order chi connectivity index (χ0) is 11.7. The average molecular weight is 245 g/mol. The van der Waals surface area contributed by atoms with E-state index >= 15 is 0 Å². The number of aromatic nitrogens is 3. The number of ether oxygens (including phenoxy) is 1. The third kappa shape index (κ3) is 1.89. The van der Waals surface area contributed by atoms with Crippen molar-refractivity contribution in [2.75, 3.05) is 6.61 Å². The van der Waals surface area contributed by atoms with Gasteiger partial charge in [-0.05, 0) is 31.2 Å². The Morgan fingerprint density at radius 3 is 2.82 bits per heavy atom. The molecule has 0 amide bonds. The molecule has 0 aliphatic heterocycles. The first-order chi connectivity index (χ1) is 8.36. The SMILES string of the molecule is CCOc1ccc(-c2cn3ncsc3n2)cc1. The summed E-state index contributed by atoms with van der Waals surface area (Å²) in [7, 11) is 0. The maximum absolute atomic E-state index is 5.40. The highest BCUT2D eigenvalue weighted by Crippen LogP contribution is 2.22. The van der Waals surface area contributed by atoms with E-state index in [0.717, 1.165) is 22.0 Å². The summed E-state index contributed by atoms with van der Waals surface area (Å²) in [6.07, 6.45) is 1.93. The largest absolute Gasteiger partial charge is 0.494 e. The molecule has 2 aromatic heterocycles. The van der Waals surface area contributed by atoms with E-state index < -0.39 is 0 Å². The van der Waals surface area contributed by atoms with E-state index in [4.69, 9.17) is 4.74 Å². The molecule has 0 aliphatic rings. The summed E-state index contributed by atoms with van der Waals surface area (Å²) in [6.45, 7) is 2.66. The minimum Gasteiger partial charge on any atom is -0.494 e. The van der Waals surface area contributed by atoms with Crippen molar-refractivity contribution < 1.29 is 4.74 Å². The van der Waals surface area contributed by atoms with E-state index in [9.17, 15) is 0 Å². The summed E-state index contributed by atoms with van der Waals surface area (Å²) < 4.78 is 7.19. The Bertz CT molecular complexity index is 598. The van der Waals surface area contributed by atoms with Gasteiger partial charge in [0.1, 0.15) is 11.3 Å². The Morgan fingerprint density at radius 1 is 1.29 bits per heavy atom. The van der Waals surface area contributed by atoms with Gasteiger partial charge in [-0.15, -0.1) is 0 Å². The fourth-order valence-electron chi connectivity index (χ4n) is 1.67. The van der Waals surface area contributed by atoms with Crippen molar-refractivity contribution in [3.05, 3.63) is 36.0 Å².